The second-order valence-corrected chi connectivity index (χ2v) is 14.5. The van der Waals surface area contributed by atoms with Gasteiger partial charge in [-0.1, -0.05) is 82.8 Å². The first-order valence-corrected chi connectivity index (χ1v) is 18.8. The van der Waals surface area contributed by atoms with Crippen molar-refractivity contribution in [2.45, 2.75) is 64.8 Å². The van der Waals surface area contributed by atoms with Crippen molar-refractivity contribution in [2.75, 3.05) is 0 Å². The lowest BCUT2D eigenvalue weighted by molar-refractivity contribution is 0.127. The van der Waals surface area contributed by atoms with Crippen molar-refractivity contribution in [3.63, 3.8) is 0 Å². The maximum atomic E-state index is 14.5. The molecular formula is C42H38Br2N2O4. The van der Waals surface area contributed by atoms with E-state index in [9.17, 15) is 9.59 Å². The lowest BCUT2D eigenvalue weighted by atomic mass is 10.0. The van der Waals surface area contributed by atoms with Gasteiger partial charge in [-0.3, -0.25) is 9.59 Å². The number of para-hydroxylation sites is 2. The highest BCUT2D eigenvalue weighted by molar-refractivity contribution is 9.10. The molecule has 2 heterocycles. The van der Waals surface area contributed by atoms with Crippen molar-refractivity contribution < 1.29 is 9.47 Å². The molecule has 2 unspecified atom stereocenters. The number of pyridine rings is 2. The molecule has 0 saturated carbocycles. The van der Waals surface area contributed by atoms with Crippen molar-refractivity contribution in [2.24, 2.45) is 0 Å². The molecule has 7 rings (SSSR count). The van der Waals surface area contributed by atoms with Crippen LogP contribution < -0.4 is 20.3 Å². The Bertz CT molecular complexity index is 2260. The summed E-state index contributed by atoms with van der Waals surface area (Å²) in [4.78, 5) is 28.9. The molecular weight excluding hydrogens is 756 g/mol. The van der Waals surface area contributed by atoms with Gasteiger partial charge in [-0.15, -0.1) is 0 Å². The molecule has 7 aromatic rings. The van der Waals surface area contributed by atoms with E-state index in [-0.39, 0.29) is 10.9 Å². The second-order valence-electron chi connectivity index (χ2n) is 12.7. The average molecular weight is 795 g/mol. The van der Waals surface area contributed by atoms with Crippen molar-refractivity contribution in [3.05, 3.63) is 139 Å². The van der Waals surface area contributed by atoms with Gasteiger partial charge < -0.3 is 18.6 Å². The van der Waals surface area contributed by atoms with Gasteiger partial charge in [0.2, 0.25) is 0 Å². The number of fused-ring (bicyclic) bond motifs is 4. The molecule has 254 valence electrons. The molecule has 2 aromatic heterocycles. The van der Waals surface area contributed by atoms with E-state index in [4.69, 9.17) is 9.47 Å². The maximum Gasteiger partial charge on any atom is 0.197 e. The van der Waals surface area contributed by atoms with Gasteiger partial charge in [0, 0.05) is 43.3 Å². The number of hydrogen-bond donors (Lipinski definition) is 0. The summed E-state index contributed by atoms with van der Waals surface area (Å²) in [6, 6.07) is 34.8. The lowest BCUT2D eigenvalue weighted by Gasteiger charge is -2.28. The smallest absolute Gasteiger partial charge is 0.197 e. The molecule has 0 radical (unpaired) electrons. The van der Waals surface area contributed by atoms with Gasteiger partial charge in [-0.2, -0.15) is 0 Å². The highest BCUT2D eigenvalue weighted by atomic mass is 79.9. The van der Waals surface area contributed by atoms with Crippen LogP contribution in [0.1, 0.15) is 64.8 Å². The Morgan fingerprint density at radius 3 is 1.28 bits per heavy atom. The number of halogens is 2. The third kappa shape index (κ3) is 6.59. The summed E-state index contributed by atoms with van der Waals surface area (Å²) in [7, 11) is 0. The molecule has 0 fully saturated rings. The van der Waals surface area contributed by atoms with E-state index in [1.54, 1.807) is 0 Å². The first-order valence-electron chi connectivity index (χ1n) is 17.3. The number of aromatic nitrogens is 2. The topological polar surface area (TPSA) is 62.5 Å². The van der Waals surface area contributed by atoms with E-state index < -0.39 is 12.5 Å². The summed E-state index contributed by atoms with van der Waals surface area (Å²) in [6.45, 7) is 4.31. The van der Waals surface area contributed by atoms with Crippen LogP contribution in [-0.4, -0.2) is 9.13 Å². The number of rotatable bonds is 12. The zero-order valence-electron chi connectivity index (χ0n) is 28.1. The van der Waals surface area contributed by atoms with Crippen LogP contribution in [0.25, 0.3) is 43.6 Å². The van der Waals surface area contributed by atoms with Gasteiger partial charge in [-0.05, 0) is 97.8 Å². The minimum atomic E-state index is -0.428. The SMILES string of the molecule is CCCCC(Oc1ccc(Br)cc1)n1c2ccccc2c(=O)c2cc3c(cc21)c(=O)c1ccccc1n3C(CCCC)Oc1ccc(Br)cc1. The fraction of sp³-hybridized carbons (Fsp3) is 0.238. The summed E-state index contributed by atoms with van der Waals surface area (Å²) < 4.78 is 19.6. The predicted molar refractivity (Wildman–Crippen MR) is 212 cm³/mol. The Morgan fingerprint density at radius 1 is 0.520 bits per heavy atom. The van der Waals surface area contributed by atoms with Crippen LogP contribution in [0.2, 0.25) is 0 Å². The van der Waals surface area contributed by atoms with Crippen LogP contribution in [0, 0.1) is 0 Å². The highest BCUT2D eigenvalue weighted by Crippen LogP contribution is 2.35. The Labute approximate surface area is 307 Å². The molecule has 2 atom stereocenters. The van der Waals surface area contributed by atoms with Crippen LogP contribution in [0.15, 0.2) is 128 Å². The molecule has 0 aliphatic carbocycles. The van der Waals surface area contributed by atoms with E-state index >= 15 is 0 Å². The second kappa shape index (κ2) is 14.8. The van der Waals surface area contributed by atoms with Crippen molar-refractivity contribution in [1.82, 2.24) is 9.13 Å². The minimum Gasteiger partial charge on any atom is -0.470 e. The van der Waals surface area contributed by atoms with Gasteiger partial charge in [-0.25, -0.2) is 0 Å². The zero-order chi connectivity index (χ0) is 34.8. The number of hydrogen-bond acceptors (Lipinski definition) is 4. The van der Waals surface area contributed by atoms with Crippen molar-refractivity contribution in [1.29, 1.82) is 0 Å². The first-order chi connectivity index (χ1) is 24.4. The van der Waals surface area contributed by atoms with Gasteiger partial charge >= 0.3 is 0 Å². The van der Waals surface area contributed by atoms with Gasteiger partial charge in [0.15, 0.2) is 23.3 Å². The Kier molecular flexibility index (Phi) is 10.1. The van der Waals surface area contributed by atoms with Crippen LogP contribution in [0.3, 0.4) is 0 Å². The van der Waals surface area contributed by atoms with E-state index in [0.29, 0.717) is 45.4 Å². The van der Waals surface area contributed by atoms with Gasteiger partial charge in [0.05, 0.1) is 22.1 Å². The Balaban J connectivity index is 1.55. The van der Waals surface area contributed by atoms with E-state index in [1.165, 1.54) is 0 Å². The van der Waals surface area contributed by atoms with Crippen molar-refractivity contribution in [3.8, 4) is 11.5 Å². The largest absolute Gasteiger partial charge is 0.470 e. The third-order valence-electron chi connectivity index (χ3n) is 9.30. The molecule has 0 amide bonds. The summed E-state index contributed by atoms with van der Waals surface area (Å²) in [6.07, 6.45) is 4.37. The Morgan fingerprint density at radius 2 is 0.900 bits per heavy atom. The molecule has 8 heteroatoms. The van der Waals surface area contributed by atoms with Crippen LogP contribution in [0.5, 0.6) is 11.5 Å². The molecule has 6 nitrogen and oxygen atoms in total. The quantitative estimate of drug-likeness (QED) is 0.116. The Hall–Kier alpha value is -4.40. The van der Waals surface area contributed by atoms with Crippen molar-refractivity contribution >= 4 is 75.5 Å². The number of benzene rings is 5. The third-order valence-corrected chi connectivity index (χ3v) is 10.4. The fourth-order valence-corrected chi connectivity index (χ4v) is 7.37. The molecule has 50 heavy (non-hydrogen) atoms. The predicted octanol–water partition coefficient (Wildman–Crippen LogP) is 11.7. The summed E-state index contributed by atoms with van der Waals surface area (Å²) in [5.74, 6) is 1.45. The van der Waals surface area contributed by atoms with Crippen LogP contribution >= 0.6 is 31.9 Å². The highest BCUT2D eigenvalue weighted by Gasteiger charge is 2.24. The number of unbranched alkanes of at least 4 members (excludes halogenated alkanes) is 2. The maximum absolute atomic E-state index is 14.5. The fourth-order valence-electron chi connectivity index (χ4n) is 6.84. The normalized spacial score (nSPS) is 12.9. The standard InChI is InChI=1S/C42H38Br2N2O4/c1-3-5-15-39(49-29-21-17-27(43)18-22-29)45-35-13-9-7-11-31(35)41(47)33-26-38-34(25-37(33)45)42(48)32-12-8-10-14-36(32)46(38)40(16-6-4-2)50-30-23-19-28(44)20-24-30/h7-14,17-26,39-40H,3-6,15-16H2,1-2H3. The molecule has 0 N–H and O–H groups in total. The van der Waals surface area contributed by atoms with Gasteiger partial charge in [0.25, 0.3) is 0 Å². The zero-order valence-corrected chi connectivity index (χ0v) is 31.2. The van der Waals surface area contributed by atoms with E-state index in [1.807, 2.05) is 109 Å². The summed E-state index contributed by atoms with van der Waals surface area (Å²) >= 11 is 7.06. The minimum absolute atomic E-state index is 0.0854. The summed E-state index contributed by atoms with van der Waals surface area (Å²) in [5.41, 5.74) is 2.69. The monoisotopic (exact) mass is 792 g/mol. The lowest BCUT2D eigenvalue weighted by Crippen LogP contribution is -2.23. The first kappa shape index (κ1) is 34.1. The molecule has 0 aliphatic rings. The average Bonchev–Trinajstić information content (AvgIpc) is 3.14. The molecule has 0 spiro atoms. The molecule has 0 bridgehead atoms. The van der Waals surface area contributed by atoms with E-state index in [2.05, 4.69) is 54.8 Å². The van der Waals surface area contributed by atoms with Gasteiger partial charge in [0.1, 0.15) is 11.5 Å². The molecule has 0 aliphatic heterocycles. The summed E-state index contributed by atoms with van der Waals surface area (Å²) in [5, 5.41) is 2.25. The molecule has 0 saturated heterocycles. The number of ether oxygens (including phenoxy) is 2. The molecule has 5 aromatic carbocycles. The number of nitrogens with zero attached hydrogens (tertiary/aromatic N) is 2. The van der Waals surface area contributed by atoms with Crippen LogP contribution in [0.4, 0.5) is 0 Å². The van der Waals surface area contributed by atoms with E-state index in [0.717, 1.165) is 57.2 Å². The van der Waals surface area contributed by atoms with Crippen LogP contribution in [-0.2, 0) is 0 Å².